The molecule has 25 heavy (non-hydrogen) atoms. The molecule has 5 nitrogen and oxygen atoms in total. The summed E-state index contributed by atoms with van der Waals surface area (Å²) < 4.78 is 1.88. The molecule has 1 saturated heterocycles. The van der Waals surface area contributed by atoms with Crippen LogP contribution in [0.2, 0.25) is 0 Å². The molecule has 0 N–H and O–H groups in total. The Balaban J connectivity index is 1.46. The third kappa shape index (κ3) is 3.05. The van der Waals surface area contributed by atoms with Crippen molar-refractivity contribution in [1.82, 2.24) is 19.5 Å². The predicted octanol–water partition coefficient (Wildman–Crippen LogP) is 3.46. The number of aromatic nitrogens is 3. The average molecular weight is 340 g/mol. The SMILES string of the molecule is Cc1nc2ccnn2c(C)c1CCC(=O)N1CCCC1C1CCCC1. The molecule has 2 aromatic rings. The Morgan fingerprint density at radius 1 is 1.20 bits per heavy atom. The summed E-state index contributed by atoms with van der Waals surface area (Å²) in [5.74, 6) is 1.07. The van der Waals surface area contributed by atoms with Crippen molar-refractivity contribution in [1.29, 1.82) is 0 Å². The van der Waals surface area contributed by atoms with Gasteiger partial charge in [0.25, 0.3) is 0 Å². The molecule has 1 aliphatic carbocycles. The number of aryl methyl sites for hydroxylation is 2. The van der Waals surface area contributed by atoms with Gasteiger partial charge in [0.15, 0.2) is 5.65 Å². The Labute approximate surface area is 149 Å². The van der Waals surface area contributed by atoms with E-state index in [4.69, 9.17) is 0 Å². The molecule has 1 aliphatic heterocycles. The number of rotatable bonds is 4. The van der Waals surface area contributed by atoms with Crippen molar-refractivity contribution in [2.45, 2.75) is 71.3 Å². The van der Waals surface area contributed by atoms with E-state index in [1.165, 1.54) is 44.1 Å². The van der Waals surface area contributed by atoms with Gasteiger partial charge in [0.1, 0.15) is 0 Å². The summed E-state index contributed by atoms with van der Waals surface area (Å²) in [7, 11) is 0. The lowest BCUT2D eigenvalue weighted by Crippen LogP contribution is -2.39. The first-order valence-electron chi connectivity index (χ1n) is 9.74. The largest absolute Gasteiger partial charge is 0.339 e. The smallest absolute Gasteiger partial charge is 0.223 e. The number of nitrogens with zero attached hydrogens (tertiary/aromatic N) is 4. The summed E-state index contributed by atoms with van der Waals surface area (Å²) in [6.07, 6.45) is 10.8. The Bertz CT molecular complexity index is 775. The van der Waals surface area contributed by atoms with Gasteiger partial charge >= 0.3 is 0 Å². The molecule has 134 valence electrons. The summed E-state index contributed by atoms with van der Waals surface area (Å²) in [6.45, 7) is 5.07. The van der Waals surface area contributed by atoms with Gasteiger partial charge in [-0.25, -0.2) is 9.50 Å². The number of carbonyl (C=O) groups excluding carboxylic acids is 1. The van der Waals surface area contributed by atoms with E-state index in [2.05, 4.69) is 21.9 Å². The highest BCUT2D eigenvalue weighted by atomic mass is 16.2. The molecular formula is C20H28N4O. The van der Waals surface area contributed by atoms with E-state index in [0.717, 1.165) is 35.9 Å². The number of hydrogen-bond donors (Lipinski definition) is 0. The van der Waals surface area contributed by atoms with Crippen molar-refractivity contribution in [3.63, 3.8) is 0 Å². The zero-order valence-electron chi connectivity index (χ0n) is 15.4. The van der Waals surface area contributed by atoms with Gasteiger partial charge in [-0.3, -0.25) is 4.79 Å². The topological polar surface area (TPSA) is 50.5 Å². The van der Waals surface area contributed by atoms with Crippen molar-refractivity contribution in [3.8, 4) is 0 Å². The fourth-order valence-corrected chi connectivity index (χ4v) is 4.94. The monoisotopic (exact) mass is 340 g/mol. The maximum Gasteiger partial charge on any atom is 0.223 e. The number of carbonyl (C=O) groups is 1. The van der Waals surface area contributed by atoms with Gasteiger partial charge in [-0.15, -0.1) is 0 Å². The summed E-state index contributed by atoms with van der Waals surface area (Å²) in [4.78, 5) is 19.7. The molecule has 1 unspecified atom stereocenters. The lowest BCUT2D eigenvalue weighted by Gasteiger charge is -2.29. The van der Waals surface area contributed by atoms with Gasteiger partial charge in [0.2, 0.25) is 5.91 Å². The van der Waals surface area contributed by atoms with Gasteiger partial charge in [-0.1, -0.05) is 12.8 Å². The molecule has 1 atom stereocenters. The lowest BCUT2D eigenvalue weighted by molar-refractivity contribution is -0.132. The van der Waals surface area contributed by atoms with Crippen LogP contribution in [0.3, 0.4) is 0 Å². The van der Waals surface area contributed by atoms with Crippen LogP contribution in [0.1, 0.15) is 61.9 Å². The van der Waals surface area contributed by atoms with Crippen LogP contribution in [-0.4, -0.2) is 38.0 Å². The van der Waals surface area contributed by atoms with Crippen LogP contribution in [0.15, 0.2) is 12.3 Å². The molecule has 3 heterocycles. The van der Waals surface area contributed by atoms with Gasteiger partial charge in [-0.05, 0) is 57.4 Å². The van der Waals surface area contributed by atoms with E-state index in [0.29, 0.717) is 18.4 Å². The van der Waals surface area contributed by atoms with Crippen LogP contribution in [0.25, 0.3) is 5.65 Å². The first-order valence-corrected chi connectivity index (χ1v) is 9.74. The fourth-order valence-electron chi connectivity index (χ4n) is 4.94. The zero-order chi connectivity index (χ0) is 17.4. The number of fused-ring (bicyclic) bond motifs is 1. The minimum Gasteiger partial charge on any atom is -0.339 e. The molecule has 1 amide bonds. The minimum absolute atomic E-state index is 0.328. The van der Waals surface area contributed by atoms with Crippen LogP contribution in [0, 0.1) is 19.8 Å². The number of amides is 1. The molecule has 2 aromatic heterocycles. The van der Waals surface area contributed by atoms with Crippen molar-refractivity contribution in [2.24, 2.45) is 5.92 Å². The van der Waals surface area contributed by atoms with Crippen LogP contribution < -0.4 is 0 Å². The Kier molecular flexibility index (Phi) is 4.48. The van der Waals surface area contributed by atoms with Crippen LogP contribution >= 0.6 is 0 Å². The molecule has 1 saturated carbocycles. The first kappa shape index (κ1) is 16.6. The second-order valence-corrected chi connectivity index (χ2v) is 7.70. The van der Waals surface area contributed by atoms with Crippen molar-refractivity contribution < 1.29 is 4.79 Å². The molecule has 0 aromatic carbocycles. The molecule has 5 heteroatoms. The predicted molar refractivity (Wildman–Crippen MR) is 97.5 cm³/mol. The summed E-state index contributed by atoms with van der Waals surface area (Å²) in [5.41, 5.74) is 4.17. The molecular weight excluding hydrogens is 312 g/mol. The molecule has 0 radical (unpaired) electrons. The third-order valence-corrected chi connectivity index (χ3v) is 6.25. The van der Waals surface area contributed by atoms with E-state index >= 15 is 0 Å². The Morgan fingerprint density at radius 3 is 2.80 bits per heavy atom. The second kappa shape index (κ2) is 6.77. The number of hydrogen-bond acceptors (Lipinski definition) is 3. The van der Waals surface area contributed by atoms with Crippen molar-refractivity contribution >= 4 is 11.6 Å². The van der Waals surface area contributed by atoms with Crippen LogP contribution in [0.5, 0.6) is 0 Å². The van der Waals surface area contributed by atoms with Crippen LogP contribution in [0.4, 0.5) is 0 Å². The van der Waals surface area contributed by atoms with Gasteiger partial charge in [-0.2, -0.15) is 5.10 Å². The van der Waals surface area contributed by atoms with Crippen molar-refractivity contribution in [3.05, 3.63) is 29.2 Å². The summed E-state index contributed by atoms with van der Waals surface area (Å²) in [6, 6.07) is 2.43. The molecule has 0 spiro atoms. The second-order valence-electron chi connectivity index (χ2n) is 7.70. The first-order chi connectivity index (χ1) is 12.1. The van der Waals surface area contributed by atoms with Crippen LogP contribution in [-0.2, 0) is 11.2 Å². The van der Waals surface area contributed by atoms with E-state index in [1.54, 1.807) is 6.20 Å². The summed E-state index contributed by atoms with van der Waals surface area (Å²) >= 11 is 0. The fraction of sp³-hybridized carbons (Fsp3) is 0.650. The average Bonchev–Trinajstić information content (AvgIpc) is 3.33. The standard InChI is InChI=1S/C20H28N4O/c1-14-17(15(2)24-19(22-14)11-12-21-24)9-10-20(25)23-13-5-8-18(23)16-6-3-4-7-16/h11-12,16,18H,3-10,13H2,1-2H3. The quantitative estimate of drug-likeness (QED) is 0.856. The maximum absolute atomic E-state index is 12.9. The molecule has 2 fully saturated rings. The van der Waals surface area contributed by atoms with E-state index in [-0.39, 0.29) is 0 Å². The maximum atomic E-state index is 12.9. The lowest BCUT2D eigenvalue weighted by atomic mass is 9.95. The normalized spacial score (nSPS) is 21.5. The minimum atomic E-state index is 0.328. The molecule has 0 bridgehead atoms. The molecule has 4 rings (SSSR count). The van der Waals surface area contributed by atoms with Gasteiger partial charge in [0, 0.05) is 36.5 Å². The number of likely N-dealkylation sites (tertiary alicyclic amines) is 1. The third-order valence-electron chi connectivity index (χ3n) is 6.25. The van der Waals surface area contributed by atoms with E-state index in [9.17, 15) is 4.79 Å². The van der Waals surface area contributed by atoms with E-state index < -0.39 is 0 Å². The van der Waals surface area contributed by atoms with E-state index in [1.807, 2.05) is 17.5 Å². The highest BCUT2D eigenvalue weighted by Crippen LogP contribution is 2.35. The zero-order valence-corrected chi connectivity index (χ0v) is 15.4. The highest BCUT2D eigenvalue weighted by Gasteiger charge is 2.35. The Morgan fingerprint density at radius 2 is 2.00 bits per heavy atom. The summed E-state index contributed by atoms with van der Waals surface area (Å²) in [5, 5.41) is 4.35. The van der Waals surface area contributed by atoms with Gasteiger partial charge < -0.3 is 4.90 Å². The highest BCUT2D eigenvalue weighted by molar-refractivity contribution is 5.77. The van der Waals surface area contributed by atoms with Gasteiger partial charge in [0.05, 0.1) is 6.20 Å². The molecule has 2 aliphatic rings. The Hall–Kier alpha value is -1.91. The van der Waals surface area contributed by atoms with Crippen molar-refractivity contribution in [2.75, 3.05) is 6.54 Å².